The zero-order chi connectivity index (χ0) is 25.6. The van der Waals surface area contributed by atoms with E-state index in [1.165, 1.54) is 70.0 Å². The number of carbonyl (C=O) groups excluding carboxylic acids is 2. The molecule has 204 valence electrons. The maximum absolute atomic E-state index is 12.1. The molecule has 2 heterocycles. The molecule has 9 nitrogen and oxygen atoms in total. The van der Waals surface area contributed by atoms with Crippen LogP contribution in [0.2, 0.25) is 0 Å². The van der Waals surface area contributed by atoms with Crippen LogP contribution in [-0.4, -0.2) is 49.9 Å². The zero-order valence-electron chi connectivity index (χ0n) is 22.4. The van der Waals surface area contributed by atoms with Crippen molar-refractivity contribution in [1.29, 1.82) is 0 Å². The van der Waals surface area contributed by atoms with E-state index in [1.54, 1.807) is 0 Å². The molecule has 2 fully saturated rings. The van der Waals surface area contributed by atoms with Gasteiger partial charge in [-0.2, -0.15) is 0 Å². The molecule has 1 amide bonds. The summed E-state index contributed by atoms with van der Waals surface area (Å²) in [4.78, 5) is 38.1. The van der Waals surface area contributed by atoms with Crippen LogP contribution in [0.15, 0.2) is 10.6 Å². The number of hydroxylamine groups is 2. The van der Waals surface area contributed by atoms with Crippen LogP contribution >= 0.6 is 0 Å². The molecule has 0 aromatic heterocycles. The van der Waals surface area contributed by atoms with Gasteiger partial charge in [0, 0.05) is 6.42 Å². The molecule has 0 saturated carbocycles. The molecule has 2 saturated heterocycles. The van der Waals surface area contributed by atoms with Crippen molar-refractivity contribution in [2.24, 2.45) is 16.5 Å². The van der Waals surface area contributed by atoms with Crippen molar-refractivity contribution in [2.45, 2.75) is 123 Å². The first-order valence-electron chi connectivity index (χ1n) is 13.8. The Morgan fingerprint density at radius 2 is 1.57 bits per heavy atom. The van der Waals surface area contributed by atoms with Gasteiger partial charge in [-0.1, -0.05) is 71.6 Å². The predicted molar refractivity (Wildman–Crippen MR) is 134 cm³/mol. The normalized spacial score (nSPS) is 21.1. The number of unbranched alkanes of at least 4 members (excludes halogenated alkanes) is 9. The smallest absolute Gasteiger partial charge is 0.306 e. The quantitative estimate of drug-likeness (QED) is 0.117. The maximum Gasteiger partial charge on any atom is 0.306 e. The van der Waals surface area contributed by atoms with E-state index in [-0.39, 0.29) is 30.8 Å². The standard InChI is InChI=1S/C13H28N2O2.C13H21NO4/c1-3-4-5-6-7-8-9-10-11-12-13-17-15-14-16-2;1-2-10-7-9-18-14-11(10)4-3-8-17-13(16)6-5-12(14)15/h3-13H2,1-2H3;10-11H,2-9H2,1H3/b15-14+;. The summed E-state index contributed by atoms with van der Waals surface area (Å²) in [5, 5.41) is 8.16. The number of rotatable bonds is 14. The molecule has 9 heteroatoms. The van der Waals surface area contributed by atoms with E-state index in [0.717, 1.165) is 32.1 Å². The number of hydrogen-bond donors (Lipinski definition) is 0. The van der Waals surface area contributed by atoms with Crippen molar-refractivity contribution in [1.82, 2.24) is 5.06 Å². The van der Waals surface area contributed by atoms with Gasteiger partial charge in [0.05, 0.1) is 36.2 Å². The van der Waals surface area contributed by atoms with E-state index in [9.17, 15) is 9.59 Å². The van der Waals surface area contributed by atoms with Gasteiger partial charge in [0.15, 0.2) is 0 Å². The average molecular weight is 500 g/mol. The zero-order valence-corrected chi connectivity index (χ0v) is 22.4. The van der Waals surface area contributed by atoms with E-state index >= 15 is 0 Å². The summed E-state index contributed by atoms with van der Waals surface area (Å²) in [6.45, 7) is 6.11. The first-order valence-corrected chi connectivity index (χ1v) is 13.8. The number of fused-ring (bicyclic) bond motifs is 1. The molecule has 0 aromatic carbocycles. The van der Waals surface area contributed by atoms with Crippen LogP contribution in [0, 0.1) is 5.92 Å². The Labute approximate surface area is 212 Å². The Kier molecular flexibility index (Phi) is 19.0. The minimum atomic E-state index is -0.286. The number of hydrogen-bond acceptors (Lipinski definition) is 8. The molecule has 0 spiro atoms. The molecule has 0 aromatic rings. The highest BCUT2D eigenvalue weighted by Gasteiger charge is 2.34. The fourth-order valence-electron chi connectivity index (χ4n) is 4.49. The lowest BCUT2D eigenvalue weighted by atomic mass is 9.89. The van der Waals surface area contributed by atoms with Crippen LogP contribution in [0.25, 0.3) is 0 Å². The molecule has 2 atom stereocenters. The Hall–Kier alpha value is -1.90. The molecule has 2 aliphatic rings. The van der Waals surface area contributed by atoms with Gasteiger partial charge >= 0.3 is 5.97 Å². The number of carbonyl (C=O) groups is 2. The SMILES string of the molecule is CCC1CCON2C(=O)CCC(=O)OCCCC12.CCCCCCCCCCCCO/N=N/OC. The largest absolute Gasteiger partial charge is 0.466 e. The average Bonchev–Trinajstić information content (AvgIpc) is 2.88. The summed E-state index contributed by atoms with van der Waals surface area (Å²) < 4.78 is 5.06. The lowest BCUT2D eigenvalue weighted by Gasteiger charge is -2.40. The number of cyclic esters (lactones) is 1. The second kappa shape index (κ2) is 21.4. The Balaban J connectivity index is 0.000000351. The third kappa shape index (κ3) is 15.0. The summed E-state index contributed by atoms with van der Waals surface area (Å²) in [5.74, 6) is 0.126. The molecule has 0 bridgehead atoms. The first-order chi connectivity index (χ1) is 17.1. The van der Waals surface area contributed by atoms with E-state index in [1.807, 2.05) is 0 Å². The van der Waals surface area contributed by atoms with Crippen LogP contribution in [0.1, 0.15) is 117 Å². The van der Waals surface area contributed by atoms with Gasteiger partial charge in [0.1, 0.15) is 13.7 Å². The van der Waals surface area contributed by atoms with Crippen LogP contribution in [0.5, 0.6) is 0 Å². The predicted octanol–water partition coefficient (Wildman–Crippen LogP) is 6.51. The Morgan fingerprint density at radius 3 is 2.23 bits per heavy atom. The van der Waals surface area contributed by atoms with E-state index in [4.69, 9.17) is 14.4 Å². The summed E-state index contributed by atoms with van der Waals surface area (Å²) in [6, 6.07) is 0.146. The molecule has 2 rings (SSSR count). The molecular weight excluding hydrogens is 450 g/mol. The number of nitrogens with zero attached hydrogens (tertiary/aromatic N) is 3. The van der Waals surface area contributed by atoms with Crippen LogP contribution in [0.3, 0.4) is 0 Å². The van der Waals surface area contributed by atoms with Crippen LogP contribution in [0.4, 0.5) is 0 Å². The highest BCUT2D eigenvalue weighted by Crippen LogP contribution is 2.29. The van der Waals surface area contributed by atoms with Crippen LogP contribution < -0.4 is 0 Å². The van der Waals surface area contributed by atoms with Gasteiger partial charge in [0.2, 0.25) is 5.91 Å². The molecule has 2 aliphatic heterocycles. The number of amides is 1. The molecule has 2 unspecified atom stereocenters. The molecule has 0 aliphatic carbocycles. The third-order valence-corrected chi connectivity index (χ3v) is 6.55. The number of ether oxygens (including phenoxy) is 1. The monoisotopic (exact) mass is 499 g/mol. The molecule has 0 radical (unpaired) electrons. The topological polar surface area (TPSA) is 99.0 Å². The fraction of sp³-hybridized carbons (Fsp3) is 0.923. The highest BCUT2D eigenvalue weighted by molar-refractivity contribution is 5.81. The van der Waals surface area contributed by atoms with E-state index in [0.29, 0.717) is 25.7 Å². The summed E-state index contributed by atoms with van der Waals surface area (Å²) >= 11 is 0. The highest BCUT2D eigenvalue weighted by atomic mass is 16.7. The summed E-state index contributed by atoms with van der Waals surface area (Å²) in [5.41, 5.74) is 0. The van der Waals surface area contributed by atoms with Gasteiger partial charge in [-0.05, 0) is 38.0 Å². The molecular formula is C26H49N3O6. The minimum absolute atomic E-state index is 0.0861. The van der Waals surface area contributed by atoms with E-state index < -0.39 is 0 Å². The van der Waals surface area contributed by atoms with Crippen molar-refractivity contribution >= 4 is 11.9 Å². The second-order valence-electron chi connectivity index (χ2n) is 9.30. The van der Waals surface area contributed by atoms with Gasteiger partial charge in [0.25, 0.3) is 0 Å². The lowest BCUT2D eigenvalue weighted by Crippen LogP contribution is -2.49. The van der Waals surface area contributed by atoms with Crippen molar-refractivity contribution in [2.75, 3.05) is 26.9 Å². The molecule has 35 heavy (non-hydrogen) atoms. The van der Waals surface area contributed by atoms with E-state index in [2.05, 4.69) is 29.2 Å². The van der Waals surface area contributed by atoms with Gasteiger partial charge < -0.3 is 14.4 Å². The maximum atomic E-state index is 12.1. The van der Waals surface area contributed by atoms with Crippen molar-refractivity contribution in [3.8, 4) is 0 Å². The van der Waals surface area contributed by atoms with Gasteiger partial charge in [-0.15, -0.1) is 0 Å². The second-order valence-corrected chi connectivity index (χ2v) is 9.30. The van der Waals surface area contributed by atoms with Crippen molar-refractivity contribution in [3.05, 3.63) is 0 Å². The van der Waals surface area contributed by atoms with Crippen LogP contribution in [-0.2, 0) is 28.8 Å². The van der Waals surface area contributed by atoms with Gasteiger partial charge in [-0.25, -0.2) is 5.06 Å². The van der Waals surface area contributed by atoms with Crippen molar-refractivity contribution in [3.63, 3.8) is 0 Å². The Morgan fingerprint density at radius 1 is 0.886 bits per heavy atom. The lowest BCUT2D eigenvalue weighted by molar-refractivity contribution is -0.228. The van der Waals surface area contributed by atoms with Crippen molar-refractivity contribution < 1.29 is 28.8 Å². The number of esters is 1. The summed E-state index contributed by atoms with van der Waals surface area (Å²) in [6.07, 6.45) is 17.3. The minimum Gasteiger partial charge on any atom is -0.466 e. The van der Waals surface area contributed by atoms with Gasteiger partial charge in [-0.3, -0.25) is 14.4 Å². The molecule has 0 N–H and O–H groups in total. The summed E-state index contributed by atoms with van der Waals surface area (Å²) in [7, 11) is 1.45. The fourth-order valence-corrected chi connectivity index (χ4v) is 4.49. The Bertz CT molecular complexity index is 575. The first kappa shape index (κ1) is 31.1. The third-order valence-electron chi connectivity index (χ3n) is 6.55.